The van der Waals surface area contributed by atoms with E-state index in [1.807, 2.05) is 38.1 Å². The van der Waals surface area contributed by atoms with Crippen molar-refractivity contribution in [2.75, 3.05) is 13.1 Å². The number of carbonyl (C=O) groups excluding carboxylic acids is 1. The van der Waals surface area contributed by atoms with E-state index < -0.39 is 0 Å². The molecule has 0 aliphatic carbocycles. The number of aromatic nitrogens is 1. The lowest BCUT2D eigenvalue weighted by atomic mass is 9.94. The van der Waals surface area contributed by atoms with Crippen molar-refractivity contribution in [1.82, 2.24) is 15.4 Å². The highest BCUT2D eigenvalue weighted by Crippen LogP contribution is 2.29. The summed E-state index contributed by atoms with van der Waals surface area (Å²) in [6.45, 7) is 10.8. The maximum atomic E-state index is 13.1. The molecule has 0 radical (unpaired) electrons. The first-order valence-corrected chi connectivity index (χ1v) is 12.1. The van der Waals surface area contributed by atoms with Crippen LogP contribution in [-0.2, 0) is 18.7 Å². The van der Waals surface area contributed by atoms with Crippen LogP contribution in [0.25, 0.3) is 0 Å². The summed E-state index contributed by atoms with van der Waals surface area (Å²) < 4.78 is 5.27. The zero-order chi connectivity index (χ0) is 22.7. The van der Waals surface area contributed by atoms with Crippen molar-refractivity contribution in [3.8, 4) is 0 Å². The Morgan fingerprint density at radius 2 is 1.84 bits per heavy atom. The second-order valence-corrected chi connectivity index (χ2v) is 10.0. The van der Waals surface area contributed by atoms with Crippen molar-refractivity contribution in [2.24, 2.45) is 0 Å². The molecule has 0 saturated heterocycles. The minimum Gasteiger partial charge on any atom is -0.361 e. The van der Waals surface area contributed by atoms with Gasteiger partial charge in [0.25, 0.3) is 5.91 Å². The van der Waals surface area contributed by atoms with Crippen LogP contribution >= 0.6 is 11.8 Å². The molecule has 2 heterocycles. The standard InChI is InChI=1S/C26H31N3O2S/c1-18-23(19(2)31-28-18)16-32-24-12-8-7-11-22(24)25(30)27-17-26(3,4)29-14-13-20-9-5-6-10-21(20)15-29/h5-12H,13-17H2,1-4H3,(H,27,30). The van der Waals surface area contributed by atoms with E-state index in [4.69, 9.17) is 4.52 Å². The average Bonchev–Trinajstić information content (AvgIpc) is 3.13. The smallest absolute Gasteiger partial charge is 0.252 e. The second kappa shape index (κ2) is 9.51. The summed E-state index contributed by atoms with van der Waals surface area (Å²) in [7, 11) is 0. The Morgan fingerprint density at radius 1 is 1.12 bits per heavy atom. The highest BCUT2D eigenvalue weighted by molar-refractivity contribution is 7.98. The van der Waals surface area contributed by atoms with Crippen LogP contribution in [0.1, 0.15) is 52.3 Å². The first kappa shape index (κ1) is 22.6. The number of hydrogen-bond acceptors (Lipinski definition) is 5. The molecule has 32 heavy (non-hydrogen) atoms. The molecule has 3 aromatic rings. The predicted octanol–water partition coefficient (Wildman–Crippen LogP) is 5.15. The van der Waals surface area contributed by atoms with Gasteiger partial charge in [0.15, 0.2) is 0 Å². The number of nitrogens with one attached hydrogen (secondary N) is 1. The van der Waals surface area contributed by atoms with Gasteiger partial charge in [0.1, 0.15) is 5.76 Å². The van der Waals surface area contributed by atoms with E-state index in [2.05, 4.69) is 53.5 Å². The Kier molecular flexibility index (Phi) is 6.72. The predicted molar refractivity (Wildman–Crippen MR) is 129 cm³/mol. The molecular formula is C26H31N3O2S. The van der Waals surface area contributed by atoms with Crippen molar-refractivity contribution in [3.63, 3.8) is 0 Å². The monoisotopic (exact) mass is 449 g/mol. The molecule has 1 aliphatic rings. The van der Waals surface area contributed by atoms with E-state index in [-0.39, 0.29) is 11.4 Å². The summed E-state index contributed by atoms with van der Waals surface area (Å²) >= 11 is 1.64. The van der Waals surface area contributed by atoms with Crippen molar-refractivity contribution in [2.45, 2.75) is 56.8 Å². The van der Waals surface area contributed by atoms with Gasteiger partial charge in [0.05, 0.1) is 11.3 Å². The second-order valence-electron chi connectivity index (χ2n) is 9.02. The molecule has 2 aromatic carbocycles. The normalized spacial score (nSPS) is 14.2. The number of fused-ring (bicyclic) bond motifs is 1. The zero-order valence-electron chi connectivity index (χ0n) is 19.3. The summed E-state index contributed by atoms with van der Waals surface area (Å²) in [5.74, 6) is 1.53. The third kappa shape index (κ3) is 4.92. The molecule has 0 atom stereocenters. The number of carbonyl (C=O) groups is 1. The fraction of sp³-hybridized carbons (Fsp3) is 0.385. The van der Waals surface area contributed by atoms with Gasteiger partial charge >= 0.3 is 0 Å². The lowest BCUT2D eigenvalue weighted by Crippen LogP contribution is -2.53. The van der Waals surface area contributed by atoms with E-state index in [0.29, 0.717) is 12.1 Å². The minimum absolute atomic E-state index is 0.0302. The summed E-state index contributed by atoms with van der Waals surface area (Å²) in [5.41, 5.74) is 5.40. The first-order valence-electron chi connectivity index (χ1n) is 11.1. The number of amides is 1. The average molecular weight is 450 g/mol. The van der Waals surface area contributed by atoms with Crippen LogP contribution in [0.5, 0.6) is 0 Å². The van der Waals surface area contributed by atoms with Crippen LogP contribution in [0.3, 0.4) is 0 Å². The summed E-state index contributed by atoms with van der Waals surface area (Å²) in [6, 6.07) is 16.4. The third-order valence-corrected chi connectivity index (χ3v) is 7.45. The van der Waals surface area contributed by atoms with E-state index in [1.165, 1.54) is 11.1 Å². The molecule has 168 valence electrons. The molecule has 5 nitrogen and oxygen atoms in total. The molecule has 4 rings (SSSR count). The summed E-state index contributed by atoms with van der Waals surface area (Å²) in [4.78, 5) is 16.5. The molecule has 1 amide bonds. The summed E-state index contributed by atoms with van der Waals surface area (Å²) in [6.07, 6.45) is 1.05. The Bertz CT molecular complexity index is 1090. The quantitative estimate of drug-likeness (QED) is 0.506. The van der Waals surface area contributed by atoms with E-state index in [9.17, 15) is 4.79 Å². The van der Waals surface area contributed by atoms with E-state index in [0.717, 1.165) is 47.2 Å². The van der Waals surface area contributed by atoms with Gasteiger partial charge in [-0.15, -0.1) is 11.8 Å². The van der Waals surface area contributed by atoms with Gasteiger partial charge in [-0.1, -0.05) is 41.6 Å². The van der Waals surface area contributed by atoms with Crippen molar-refractivity contribution < 1.29 is 9.32 Å². The van der Waals surface area contributed by atoms with Crippen molar-refractivity contribution in [1.29, 1.82) is 0 Å². The van der Waals surface area contributed by atoms with Gasteiger partial charge < -0.3 is 9.84 Å². The molecule has 0 fully saturated rings. The third-order valence-electron chi connectivity index (χ3n) is 6.35. The number of aryl methyl sites for hydroxylation is 2. The number of benzene rings is 2. The number of rotatable bonds is 7. The molecule has 1 N–H and O–H groups in total. The van der Waals surface area contributed by atoms with Gasteiger partial charge in [0, 0.05) is 41.4 Å². The lowest BCUT2D eigenvalue weighted by molar-refractivity contribution is 0.0824. The van der Waals surface area contributed by atoms with E-state index in [1.54, 1.807) is 11.8 Å². The Hall–Kier alpha value is -2.57. The number of nitrogens with zero attached hydrogens (tertiary/aromatic N) is 2. The highest BCUT2D eigenvalue weighted by Gasteiger charge is 2.30. The maximum Gasteiger partial charge on any atom is 0.252 e. The molecule has 6 heteroatoms. The van der Waals surface area contributed by atoms with Gasteiger partial charge in [-0.05, 0) is 57.4 Å². The Morgan fingerprint density at radius 3 is 2.59 bits per heavy atom. The van der Waals surface area contributed by atoms with Gasteiger partial charge in [0.2, 0.25) is 0 Å². The SMILES string of the molecule is Cc1noc(C)c1CSc1ccccc1C(=O)NCC(C)(C)N1CCc2ccccc2C1. The molecular weight excluding hydrogens is 418 g/mol. The van der Waals surface area contributed by atoms with Crippen LogP contribution < -0.4 is 5.32 Å². The lowest BCUT2D eigenvalue weighted by Gasteiger charge is -2.41. The largest absolute Gasteiger partial charge is 0.361 e. The van der Waals surface area contributed by atoms with Crippen LogP contribution in [0.2, 0.25) is 0 Å². The summed E-state index contributed by atoms with van der Waals surface area (Å²) in [5, 5.41) is 7.22. The van der Waals surface area contributed by atoms with E-state index >= 15 is 0 Å². The van der Waals surface area contributed by atoms with Gasteiger partial charge in [-0.25, -0.2) is 0 Å². The zero-order valence-corrected chi connectivity index (χ0v) is 20.1. The van der Waals surface area contributed by atoms with Gasteiger partial charge in [-0.3, -0.25) is 9.69 Å². The fourth-order valence-electron chi connectivity index (χ4n) is 4.15. The van der Waals surface area contributed by atoms with Crippen LogP contribution in [-0.4, -0.2) is 34.6 Å². The molecule has 1 aromatic heterocycles. The van der Waals surface area contributed by atoms with Gasteiger partial charge in [-0.2, -0.15) is 0 Å². The van der Waals surface area contributed by atoms with Crippen LogP contribution in [0, 0.1) is 13.8 Å². The molecule has 0 spiro atoms. The topological polar surface area (TPSA) is 58.4 Å². The van der Waals surface area contributed by atoms with Crippen LogP contribution in [0.15, 0.2) is 57.9 Å². The van der Waals surface area contributed by atoms with Crippen molar-refractivity contribution >= 4 is 17.7 Å². The molecule has 0 saturated carbocycles. The highest BCUT2D eigenvalue weighted by atomic mass is 32.2. The van der Waals surface area contributed by atoms with Crippen LogP contribution in [0.4, 0.5) is 0 Å². The number of thioether (sulfide) groups is 1. The molecule has 1 aliphatic heterocycles. The first-order chi connectivity index (χ1) is 15.3. The molecule has 0 unspecified atom stereocenters. The fourth-order valence-corrected chi connectivity index (χ4v) is 5.36. The van der Waals surface area contributed by atoms with Crippen molar-refractivity contribution in [3.05, 3.63) is 82.2 Å². The number of hydrogen-bond donors (Lipinski definition) is 1. The minimum atomic E-state index is -0.137. The molecule has 0 bridgehead atoms. The Balaban J connectivity index is 1.40. The Labute approximate surface area is 194 Å². The maximum absolute atomic E-state index is 13.1.